The van der Waals surface area contributed by atoms with Crippen LogP contribution in [0.5, 0.6) is 0 Å². The normalized spacial score (nSPS) is 17.2. The van der Waals surface area contributed by atoms with Crippen LogP contribution in [0.4, 0.5) is 4.39 Å². The van der Waals surface area contributed by atoms with Gasteiger partial charge in [0, 0.05) is 36.1 Å². The molecule has 0 aliphatic carbocycles. The van der Waals surface area contributed by atoms with Crippen LogP contribution in [0, 0.1) is 5.82 Å². The van der Waals surface area contributed by atoms with Crippen LogP contribution in [0.15, 0.2) is 35.7 Å². The number of hydrogen-bond donors (Lipinski definition) is 1. The van der Waals surface area contributed by atoms with E-state index in [0.717, 1.165) is 31.7 Å². The Morgan fingerprint density at radius 2 is 2.00 bits per heavy atom. The van der Waals surface area contributed by atoms with Gasteiger partial charge in [-0.15, -0.1) is 23.7 Å². The van der Waals surface area contributed by atoms with Gasteiger partial charge in [0.1, 0.15) is 5.82 Å². The van der Waals surface area contributed by atoms with E-state index in [0.29, 0.717) is 5.02 Å². The van der Waals surface area contributed by atoms with Crippen molar-refractivity contribution >= 4 is 35.3 Å². The molecule has 1 fully saturated rings. The van der Waals surface area contributed by atoms with Crippen molar-refractivity contribution in [3.05, 3.63) is 57.0 Å². The van der Waals surface area contributed by atoms with Gasteiger partial charge in [-0.05, 0) is 35.2 Å². The highest BCUT2D eigenvalue weighted by atomic mass is 35.5. The molecule has 1 aliphatic rings. The molecule has 0 radical (unpaired) electrons. The van der Waals surface area contributed by atoms with Crippen LogP contribution < -0.4 is 5.32 Å². The maximum Gasteiger partial charge on any atom is 0.125 e. The molecule has 2 aromatic rings. The van der Waals surface area contributed by atoms with Crippen LogP contribution in [0.1, 0.15) is 16.5 Å². The third-order valence-electron chi connectivity index (χ3n) is 3.53. The topological polar surface area (TPSA) is 15.3 Å². The second-order valence-corrected chi connectivity index (χ2v) is 6.32. The zero-order chi connectivity index (χ0) is 13.9. The summed E-state index contributed by atoms with van der Waals surface area (Å²) in [5.74, 6) is -0.274. The number of nitrogens with one attached hydrogen (secondary N) is 1. The van der Waals surface area contributed by atoms with E-state index in [1.807, 2.05) is 12.1 Å². The minimum absolute atomic E-state index is 0. The van der Waals surface area contributed by atoms with E-state index in [2.05, 4.69) is 21.7 Å². The number of halogens is 3. The first kappa shape index (κ1) is 16.7. The zero-order valence-electron chi connectivity index (χ0n) is 11.4. The smallest absolute Gasteiger partial charge is 0.125 e. The Balaban J connectivity index is 0.00000161. The molecule has 2 nitrogen and oxygen atoms in total. The Labute approximate surface area is 139 Å². The summed E-state index contributed by atoms with van der Waals surface area (Å²) in [6.07, 6.45) is 0. The fraction of sp³-hybridized carbons (Fsp3) is 0.333. The zero-order valence-corrected chi connectivity index (χ0v) is 13.8. The summed E-state index contributed by atoms with van der Waals surface area (Å²) < 4.78 is 13.7. The molecular weight excluding hydrogens is 330 g/mol. The van der Waals surface area contributed by atoms with Gasteiger partial charge in [-0.3, -0.25) is 4.90 Å². The molecule has 1 aliphatic heterocycles. The van der Waals surface area contributed by atoms with Crippen LogP contribution in [-0.4, -0.2) is 31.1 Å². The lowest BCUT2D eigenvalue weighted by Crippen LogP contribution is -2.45. The number of benzene rings is 1. The Hall–Kier alpha value is -0.650. The lowest BCUT2D eigenvalue weighted by Gasteiger charge is -2.34. The van der Waals surface area contributed by atoms with Crippen LogP contribution in [0.2, 0.25) is 5.02 Å². The van der Waals surface area contributed by atoms with Crippen LogP contribution in [0.3, 0.4) is 0 Å². The predicted octanol–water partition coefficient (Wildman–Crippen LogP) is 3.96. The predicted molar refractivity (Wildman–Crippen MR) is 89.3 cm³/mol. The molecule has 114 valence electrons. The first-order valence-electron chi connectivity index (χ1n) is 6.68. The number of thiophene rings is 1. The van der Waals surface area contributed by atoms with Gasteiger partial charge in [-0.1, -0.05) is 17.7 Å². The van der Waals surface area contributed by atoms with Crippen molar-refractivity contribution in [1.82, 2.24) is 10.2 Å². The average Bonchev–Trinajstić information content (AvgIpc) is 2.93. The monoisotopic (exact) mass is 346 g/mol. The van der Waals surface area contributed by atoms with Gasteiger partial charge in [-0.2, -0.15) is 0 Å². The quantitative estimate of drug-likeness (QED) is 0.904. The summed E-state index contributed by atoms with van der Waals surface area (Å²) in [5, 5.41) is 5.87. The number of hydrogen-bond acceptors (Lipinski definition) is 3. The SMILES string of the molecule is Cl.Fc1cc(Cl)cc([C@@H](c2cccs2)N2CCNCC2)c1. The molecule has 0 amide bonds. The Kier molecular flexibility index (Phi) is 6.02. The Bertz CT molecular complexity index is 551. The molecule has 3 rings (SSSR count). The van der Waals surface area contributed by atoms with Crippen molar-refractivity contribution in [2.24, 2.45) is 0 Å². The molecule has 1 saturated heterocycles. The van der Waals surface area contributed by atoms with Gasteiger partial charge in [-0.25, -0.2) is 4.39 Å². The van der Waals surface area contributed by atoms with Gasteiger partial charge < -0.3 is 5.32 Å². The van der Waals surface area contributed by atoms with Crippen molar-refractivity contribution in [2.75, 3.05) is 26.2 Å². The number of rotatable bonds is 3. The highest BCUT2D eigenvalue weighted by molar-refractivity contribution is 7.10. The molecule has 1 atom stereocenters. The van der Waals surface area contributed by atoms with E-state index in [1.165, 1.54) is 10.9 Å². The van der Waals surface area contributed by atoms with Crippen LogP contribution in [-0.2, 0) is 0 Å². The Morgan fingerprint density at radius 1 is 1.24 bits per heavy atom. The number of piperazine rings is 1. The molecule has 21 heavy (non-hydrogen) atoms. The van der Waals surface area contributed by atoms with E-state index in [1.54, 1.807) is 17.4 Å². The summed E-state index contributed by atoms with van der Waals surface area (Å²) in [6, 6.07) is 9.06. The van der Waals surface area contributed by atoms with E-state index < -0.39 is 0 Å². The van der Waals surface area contributed by atoms with Crippen molar-refractivity contribution in [3.63, 3.8) is 0 Å². The molecule has 1 aromatic heterocycles. The third kappa shape index (κ3) is 3.96. The summed E-state index contributed by atoms with van der Waals surface area (Å²) in [7, 11) is 0. The minimum Gasteiger partial charge on any atom is -0.314 e. The van der Waals surface area contributed by atoms with Crippen molar-refractivity contribution < 1.29 is 4.39 Å². The molecule has 1 N–H and O–H groups in total. The van der Waals surface area contributed by atoms with Gasteiger partial charge >= 0.3 is 0 Å². The summed E-state index contributed by atoms with van der Waals surface area (Å²) in [4.78, 5) is 3.61. The third-order valence-corrected chi connectivity index (χ3v) is 4.67. The maximum atomic E-state index is 13.7. The molecule has 2 heterocycles. The second kappa shape index (κ2) is 7.56. The summed E-state index contributed by atoms with van der Waals surface area (Å²) in [6.45, 7) is 3.84. The van der Waals surface area contributed by atoms with E-state index in [4.69, 9.17) is 11.6 Å². The molecule has 0 unspecified atom stereocenters. The molecule has 0 spiro atoms. The van der Waals surface area contributed by atoms with Gasteiger partial charge in [0.25, 0.3) is 0 Å². The van der Waals surface area contributed by atoms with Crippen molar-refractivity contribution in [1.29, 1.82) is 0 Å². The Morgan fingerprint density at radius 3 is 2.62 bits per heavy atom. The summed E-state index contributed by atoms with van der Waals surface area (Å²) in [5.41, 5.74) is 0.930. The van der Waals surface area contributed by atoms with Gasteiger partial charge in [0.2, 0.25) is 0 Å². The van der Waals surface area contributed by atoms with Crippen LogP contribution in [0.25, 0.3) is 0 Å². The highest BCUT2D eigenvalue weighted by Gasteiger charge is 2.25. The molecule has 1 aromatic carbocycles. The lowest BCUT2D eigenvalue weighted by atomic mass is 10.0. The van der Waals surface area contributed by atoms with Crippen molar-refractivity contribution in [2.45, 2.75) is 6.04 Å². The fourth-order valence-electron chi connectivity index (χ4n) is 2.68. The van der Waals surface area contributed by atoms with E-state index >= 15 is 0 Å². The minimum atomic E-state index is -0.274. The first-order valence-corrected chi connectivity index (χ1v) is 7.94. The second-order valence-electron chi connectivity index (χ2n) is 4.91. The van der Waals surface area contributed by atoms with Crippen LogP contribution >= 0.6 is 35.3 Å². The molecule has 0 bridgehead atoms. The molecular formula is C15H17Cl2FN2S. The first-order chi connectivity index (χ1) is 9.74. The van der Waals surface area contributed by atoms with Gasteiger partial charge in [0.05, 0.1) is 6.04 Å². The molecule has 0 saturated carbocycles. The summed E-state index contributed by atoms with van der Waals surface area (Å²) >= 11 is 7.73. The molecule has 6 heteroatoms. The number of nitrogens with zero attached hydrogens (tertiary/aromatic N) is 1. The van der Waals surface area contributed by atoms with Crippen molar-refractivity contribution in [3.8, 4) is 0 Å². The fourth-order valence-corrected chi connectivity index (χ4v) is 3.79. The van der Waals surface area contributed by atoms with Gasteiger partial charge in [0.15, 0.2) is 0 Å². The standard InChI is InChI=1S/C15H16ClFN2S.ClH/c16-12-8-11(9-13(17)10-12)15(14-2-1-7-20-14)19-5-3-18-4-6-19;/h1-2,7-10,15,18H,3-6H2;1H/t15-;/m0./s1. The van der Waals surface area contributed by atoms with E-state index in [9.17, 15) is 4.39 Å². The maximum absolute atomic E-state index is 13.7. The highest BCUT2D eigenvalue weighted by Crippen LogP contribution is 2.33. The average molecular weight is 347 g/mol. The largest absolute Gasteiger partial charge is 0.314 e. The van der Waals surface area contributed by atoms with E-state index in [-0.39, 0.29) is 24.3 Å². The lowest BCUT2D eigenvalue weighted by molar-refractivity contribution is 0.200.